The van der Waals surface area contributed by atoms with Crippen molar-refractivity contribution in [3.8, 4) is 0 Å². The molecule has 9 nitrogen and oxygen atoms in total. The quantitative estimate of drug-likeness (QED) is 0.362. The van der Waals surface area contributed by atoms with Gasteiger partial charge in [0, 0.05) is 22.6 Å². The lowest BCUT2D eigenvalue weighted by Crippen LogP contribution is -2.33. The molecule has 0 aromatic carbocycles. The van der Waals surface area contributed by atoms with E-state index in [1.807, 2.05) is 22.6 Å². The van der Waals surface area contributed by atoms with Crippen LogP contribution in [0.4, 0.5) is 5.82 Å². The average Bonchev–Trinajstić information content (AvgIpc) is 2.93. The highest BCUT2D eigenvalue weighted by molar-refractivity contribution is 14.1. The first-order valence-corrected chi connectivity index (χ1v) is 6.88. The summed E-state index contributed by atoms with van der Waals surface area (Å²) in [6, 6.07) is 0. The standard InChI is InChI=1S/C10H12IN5O4/c11-10-14-7(12)4-8(15-10)16(2-13-4)9-6(19)5(18)3(1-17)20-9/h2-3,5-6,9,17-19H,1H2,(H2,12,14,15)/t3-,5+,6-,9-/m1/s1. The molecule has 4 atom stereocenters. The highest BCUT2D eigenvalue weighted by atomic mass is 127. The van der Waals surface area contributed by atoms with E-state index in [9.17, 15) is 10.2 Å². The molecule has 3 rings (SSSR count). The van der Waals surface area contributed by atoms with Gasteiger partial charge < -0.3 is 25.8 Å². The molecule has 108 valence electrons. The molecule has 2 aromatic rings. The Balaban J connectivity index is 2.07. The van der Waals surface area contributed by atoms with E-state index >= 15 is 0 Å². The minimum absolute atomic E-state index is 0.227. The van der Waals surface area contributed by atoms with Crippen LogP contribution in [0.2, 0.25) is 0 Å². The Morgan fingerprint density at radius 2 is 2.10 bits per heavy atom. The van der Waals surface area contributed by atoms with Gasteiger partial charge in [0.2, 0.25) is 0 Å². The number of aliphatic hydroxyl groups excluding tert-OH is 3. The van der Waals surface area contributed by atoms with Crippen molar-refractivity contribution >= 4 is 39.6 Å². The Kier molecular flexibility index (Phi) is 3.50. The van der Waals surface area contributed by atoms with Crippen LogP contribution in [-0.2, 0) is 4.74 Å². The maximum absolute atomic E-state index is 10.0. The maximum atomic E-state index is 10.0. The first-order chi connectivity index (χ1) is 9.52. The summed E-state index contributed by atoms with van der Waals surface area (Å²) in [6.07, 6.45) is -2.71. The number of anilines is 1. The number of hydrogen-bond donors (Lipinski definition) is 4. The number of aromatic nitrogens is 4. The zero-order valence-electron chi connectivity index (χ0n) is 10.1. The molecule has 1 aliphatic heterocycles. The highest BCUT2D eigenvalue weighted by Gasteiger charge is 2.44. The number of nitrogens with zero attached hydrogens (tertiary/aromatic N) is 4. The number of aliphatic hydroxyl groups is 3. The first kappa shape index (κ1) is 13.9. The second-order valence-electron chi connectivity index (χ2n) is 4.43. The first-order valence-electron chi connectivity index (χ1n) is 5.81. The van der Waals surface area contributed by atoms with Gasteiger partial charge in [-0.05, 0) is 0 Å². The number of imidazole rings is 1. The lowest BCUT2D eigenvalue weighted by molar-refractivity contribution is -0.0511. The van der Waals surface area contributed by atoms with Crippen LogP contribution in [-0.4, -0.2) is 59.8 Å². The van der Waals surface area contributed by atoms with Crippen LogP contribution in [0.25, 0.3) is 11.2 Å². The molecule has 1 saturated heterocycles. The molecule has 5 N–H and O–H groups in total. The molecule has 3 heterocycles. The lowest BCUT2D eigenvalue weighted by Gasteiger charge is -2.16. The van der Waals surface area contributed by atoms with E-state index in [-0.39, 0.29) is 5.82 Å². The Labute approximate surface area is 126 Å². The van der Waals surface area contributed by atoms with Crippen LogP contribution in [0.15, 0.2) is 6.33 Å². The monoisotopic (exact) mass is 393 g/mol. The van der Waals surface area contributed by atoms with Crippen molar-refractivity contribution in [3.05, 3.63) is 10.2 Å². The van der Waals surface area contributed by atoms with Gasteiger partial charge in [-0.3, -0.25) is 4.57 Å². The van der Waals surface area contributed by atoms with Gasteiger partial charge in [-0.25, -0.2) is 15.0 Å². The molecular weight excluding hydrogens is 381 g/mol. The molecular formula is C10H12IN5O4. The van der Waals surface area contributed by atoms with Crippen molar-refractivity contribution in [2.75, 3.05) is 12.3 Å². The molecule has 0 spiro atoms. The summed E-state index contributed by atoms with van der Waals surface area (Å²) in [7, 11) is 0. The Morgan fingerprint density at radius 3 is 2.75 bits per heavy atom. The van der Waals surface area contributed by atoms with Crippen molar-refractivity contribution in [2.45, 2.75) is 24.5 Å². The number of nitrogens with two attached hydrogens (primary N) is 1. The lowest BCUT2D eigenvalue weighted by atomic mass is 10.1. The zero-order valence-corrected chi connectivity index (χ0v) is 12.2. The fourth-order valence-corrected chi connectivity index (χ4v) is 2.70. The summed E-state index contributed by atoms with van der Waals surface area (Å²) in [5.41, 5.74) is 6.55. The van der Waals surface area contributed by atoms with Gasteiger partial charge in [-0.2, -0.15) is 0 Å². The third-order valence-corrected chi connectivity index (χ3v) is 3.69. The summed E-state index contributed by atoms with van der Waals surface area (Å²) in [5, 5.41) is 28.9. The van der Waals surface area contributed by atoms with Gasteiger partial charge in [-0.15, -0.1) is 0 Å². The molecule has 0 amide bonds. The van der Waals surface area contributed by atoms with E-state index < -0.39 is 31.1 Å². The summed E-state index contributed by atoms with van der Waals surface area (Å²) in [5.74, 6) is 0.227. The van der Waals surface area contributed by atoms with Gasteiger partial charge in [0.1, 0.15) is 23.8 Å². The average molecular weight is 393 g/mol. The number of hydrogen-bond acceptors (Lipinski definition) is 8. The number of rotatable bonds is 2. The Bertz CT molecular complexity index is 650. The van der Waals surface area contributed by atoms with Gasteiger partial charge in [0.15, 0.2) is 21.5 Å². The predicted molar refractivity (Wildman–Crippen MR) is 75.5 cm³/mol. The second kappa shape index (κ2) is 5.04. The highest BCUT2D eigenvalue weighted by Crippen LogP contribution is 2.31. The van der Waals surface area contributed by atoms with E-state index in [0.717, 1.165) is 0 Å². The molecule has 1 aliphatic rings. The SMILES string of the molecule is Nc1nc(I)nc2c1ncn2[C@@H]1O[C@H](CO)[C@H](O)[C@H]1O. The second-order valence-corrected chi connectivity index (χ2v) is 5.40. The van der Waals surface area contributed by atoms with E-state index in [2.05, 4.69) is 15.0 Å². The molecule has 0 aliphatic carbocycles. The van der Waals surface area contributed by atoms with Crippen LogP contribution < -0.4 is 5.73 Å². The molecule has 1 fully saturated rings. The van der Waals surface area contributed by atoms with Crippen LogP contribution in [0.3, 0.4) is 0 Å². The fraction of sp³-hybridized carbons (Fsp3) is 0.500. The number of ether oxygens (including phenoxy) is 1. The molecule has 2 aromatic heterocycles. The van der Waals surface area contributed by atoms with Crippen molar-refractivity contribution < 1.29 is 20.1 Å². The number of halogens is 1. The molecule has 0 saturated carbocycles. The molecule has 0 radical (unpaired) electrons. The van der Waals surface area contributed by atoms with Crippen molar-refractivity contribution in [1.82, 2.24) is 19.5 Å². The smallest absolute Gasteiger partial charge is 0.194 e. The van der Waals surface area contributed by atoms with Crippen molar-refractivity contribution in [2.24, 2.45) is 0 Å². The van der Waals surface area contributed by atoms with Crippen LogP contribution in [0, 0.1) is 3.83 Å². The van der Waals surface area contributed by atoms with Gasteiger partial charge in [0.25, 0.3) is 0 Å². The molecule has 20 heavy (non-hydrogen) atoms. The minimum Gasteiger partial charge on any atom is -0.394 e. The van der Waals surface area contributed by atoms with Crippen LogP contribution in [0.1, 0.15) is 6.23 Å². The Hall–Kier alpha value is -1.08. The molecule has 0 unspecified atom stereocenters. The number of fused-ring (bicyclic) bond motifs is 1. The van der Waals surface area contributed by atoms with Crippen molar-refractivity contribution in [1.29, 1.82) is 0 Å². The van der Waals surface area contributed by atoms with E-state index in [0.29, 0.717) is 15.0 Å². The van der Waals surface area contributed by atoms with E-state index in [4.69, 9.17) is 15.6 Å². The van der Waals surface area contributed by atoms with Gasteiger partial charge in [-0.1, -0.05) is 0 Å². The van der Waals surface area contributed by atoms with Gasteiger partial charge >= 0.3 is 0 Å². The number of nitrogen functional groups attached to an aromatic ring is 1. The predicted octanol–water partition coefficient (Wildman–Crippen LogP) is -1.38. The summed E-state index contributed by atoms with van der Waals surface area (Å²) < 4.78 is 7.34. The Morgan fingerprint density at radius 1 is 1.35 bits per heavy atom. The molecule has 10 heteroatoms. The minimum atomic E-state index is -1.20. The maximum Gasteiger partial charge on any atom is 0.194 e. The summed E-state index contributed by atoms with van der Waals surface area (Å²) in [4.78, 5) is 12.3. The van der Waals surface area contributed by atoms with Gasteiger partial charge in [0.05, 0.1) is 12.9 Å². The normalized spacial score (nSPS) is 30.2. The van der Waals surface area contributed by atoms with E-state index in [1.54, 1.807) is 0 Å². The third-order valence-electron chi connectivity index (χ3n) is 3.21. The summed E-state index contributed by atoms with van der Waals surface area (Å²) in [6.45, 7) is -0.393. The largest absolute Gasteiger partial charge is 0.394 e. The van der Waals surface area contributed by atoms with Crippen molar-refractivity contribution in [3.63, 3.8) is 0 Å². The van der Waals surface area contributed by atoms with E-state index in [1.165, 1.54) is 10.9 Å². The topological polar surface area (TPSA) is 140 Å². The fourth-order valence-electron chi connectivity index (χ4n) is 2.21. The van der Waals surface area contributed by atoms with Crippen LogP contribution in [0.5, 0.6) is 0 Å². The molecule has 0 bridgehead atoms. The van der Waals surface area contributed by atoms with Crippen LogP contribution >= 0.6 is 22.6 Å². The third kappa shape index (κ3) is 2.03. The summed E-state index contributed by atoms with van der Waals surface area (Å²) >= 11 is 1.92. The zero-order chi connectivity index (χ0) is 14.4.